The molecule has 1 aliphatic carbocycles. The Morgan fingerprint density at radius 2 is 1.83 bits per heavy atom. The van der Waals surface area contributed by atoms with Gasteiger partial charge in [-0.2, -0.15) is 0 Å². The van der Waals surface area contributed by atoms with E-state index in [1.165, 1.54) is 0 Å². The summed E-state index contributed by atoms with van der Waals surface area (Å²) in [4.78, 5) is 22.7. The second-order valence-electron chi connectivity index (χ2n) is 5.72. The fourth-order valence-electron chi connectivity index (χ4n) is 2.61. The maximum Gasteiger partial charge on any atom is 0.306 e. The number of benzene rings is 1. The number of carbonyl (C=O) groups is 2. The van der Waals surface area contributed by atoms with Crippen molar-refractivity contribution in [3.8, 4) is 11.5 Å². The van der Waals surface area contributed by atoms with E-state index >= 15 is 0 Å². The summed E-state index contributed by atoms with van der Waals surface area (Å²) < 4.78 is 10.9. The van der Waals surface area contributed by atoms with E-state index in [-0.39, 0.29) is 24.5 Å². The highest BCUT2D eigenvalue weighted by Gasteiger charge is 2.30. The lowest BCUT2D eigenvalue weighted by Crippen LogP contribution is -2.36. The molecular formula is C17H23NO5. The average molecular weight is 321 g/mol. The van der Waals surface area contributed by atoms with Gasteiger partial charge in [-0.1, -0.05) is 6.92 Å². The molecular weight excluding hydrogens is 298 g/mol. The number of carboxylic acid groups (broad SMARTS) is 1. The third-order valence-corrected chi connectivity index (χ3v) is 3.81. The van der Waals surface area contributed by atoms with Crippen LogP contribution in [-0.2, 0) is 9.59 Å². The number of hydrogen-bond donors (Lipinski definition) is 2. The predicted molar refractivity (Wildman–Crippen MR) is 84.6 cm³/mol. The Bertz CT molecular complexity index is 528. The van der Waals surface area contributed by atoms with Crippen molar-refractivity contribution < 1.29 is 24.2 Å². The van der Waals surface area contributed by atoms with Gasteiger partial charge >= 0.3 is 5.97 Å². The lowest BCUT2D eigenvalue weighted by Gasteiger charge is -2.13. The van der Waals surface area contributed by atoms with E-state index in [9.17, 15) is 9.59 Å². The van der Waals surface area contributed by atoms with Crippen molar-refractivity contribution in [3.05, 3.63) is 24.3 Å². The molecule has 23 heavy (non-hydrogen) atoms. The van der Waals surface area contributed by atoms with Gasteiger partial charge in [0.05, 0.1) is 12.5 Å². The van der Waals surface area contributed by atoms with E-state index < -0.39 is 5.97 Å². The van der Waals surface area contributed by atoms with Crippen molar-refractivity contribution in [3.63, 3.8) is 0 Å². The number of aliphatic carboxylic acids is 1. The van der Waals surface area contributed by atoms with Crippen LogP contribution < -0.4 is 14.8 Å². The first-order chi connectivity index (χ1) is 11.1. The Morgan fingerprint density at radius 3 is 2.39 bits per heavy atom. The van der Waals surface area contributed by atoms with Gasteiger partial charge in [-0.15, -0.1) is 0 Å². The quantitative estimate of drug-likeness (QED) is 0.767. The van der Waals surface area contributed by atoms with Gasteiger partial charge in [-0.3, -0.25) is 9.59 Å². The molecule has 0 saturated heterocycles. The van der Waals surface area contributed by atoms with E-state index in [0.717, 1.165) is 12.2 Å². The van der Waals surface area contributed by atoms with Crippen molar-refractivity contribution in [1.82, 2.24) is 5.32 Å². The summed E-state index contributed by atoms with van der Waals surface area (Å²) in [6, 6.07) is 7.05. The largest absolute Gasteiger partial charge is 0.494 e. The van der Waals surface area contributed by atoms with Crippen LogP contribution in [0.5, 0.6) is 11.5 Å². The van der Waals surface area contributed by atoms with Crippen LogP contribution in [0.3, 0.4) is 0 Å². The Labute approximate surface area is 135 Å². The molecule has 6 heteroatoms. The summed E-state index contributed by atoms with van der Waals surface area (Å²) in [7, 11) is 0. The highest BCUT2D eigenvalue weighted by molar-refractivity contribution is 5.78. The number of carbonyl (C=O) groups excluding carboxylic acids is 1. The van der Waals surface area contributed by atoms with Crippen molar-refractivity contribution in [2.45, 2.75) is 38.6 Å². The van der Waals surface area contributed by atoms with Crippen LogP contribution in [0.4, 0.5) is 0 Å². The van der Waals surface area contributed by atoms with Crippen LogP contribution in [0.1, 0.15) is 32.6 Å². The highest BCUT2D eigenvalue weighted by atomic mass is 16.5. The molecule has 0 heterocycles. The van der Waals surface area contributed by atoms with E-state index in [0.29, 0.717) is 31.6 Å². The molecule has 1 aliphatic rings. The second kappa shape index (κ2) is 8.41. The number of carboxylic acids is 1. The summed E-state index contributed by atoms with van der Waals surface area (Å²) >= 11 is 0. The van der Waals surface area contributed by atoms with Gasteiger partial charge in [-0.25, -0.2) is 0 Å². The SMILES string of the molecule is CCCOc1ccc(OCC(=O)N[C@@H]2CC[C@H](C(=O)O)C2)cc1. The molecule has 0 unspecified atom stereocenters. The standard InChI is InChI=1S/C17H23NO5/c1-2-9-22-14-5-7-15(8-6-14)23-11-16(19)18-13-4-3-12(10-13)17(20)21/h5-8,12-13H,2-4,9-11H2,1H3,(H,18,19)(H,20,21)/t12-,13+/m0/s1. The number of amides is 1. The number of rotatable bonds is 8. The summed E-state index contributed by atoms with van der Waals surface area (Å²) in [6.07, 6.45) is 2.75. The summed E-state index contributed by atoms with van der Waals surface area (Å²) in [5.74, 6) is 0.000708. The molecule has 0 spiro atoms. The zero-order chi connectivity index (χ0) is 16.7. The highest BCUT2D eigenvalue weighted by Crippen LogP contribution is 2.25. The van der Waals surface area contributed by atoms with Gasteiger partial charge in [-0.05, 0) is 49.9 Å². The molecule has 0 radical (unpaired) electrons. The van der Waals surface area contributed by atoms with Crippen LogP contribution in [0.25, 0.3) is 0 Å². The Morgan fingerprint density at radius 1 is 1.17 bits per heavy atom. The lowest BCUT2D eigenvalue weighted by atomic mass is 10.1. The first-order valence-electron chi connectivity index (χ1n) is 7.96. The Kier molecular flexibility index (Phi) is 6.26. The molecule has 2 atom stereocenters. The minimum atomic E-state index is -0.789. The van der Waals surface area contributed by atoms with Crippen LogP contribution in [0.2, 0.25) is 0 Å². The maximum absolute atomic E-state index is 11.8. The normalized spacial score (nSPS) is 20.0. The second-order valence-corrected chi connectivity index (χ2v) is 5.72. The molecule has 1 saturated carbocycles. The molecule has 126 valence electrons. The lowest BCUT2D eigenvalue weighted by molar-refractivity contribution is -0.141. The molecule has 6 nitrogen and oxygen atoms in total. The monoisotopic (exact) mass is 321 g/mol. The van der Waals surface area contributed by atoms with Crippen LogP contribution >= 0.6 is 0 Å². The van der Waals surface area contributed by atoms with Crippen LogP contribution in [0.15, 0.2) is 24.3 Å². The van der Waals surface area contributed by atoms with Crippen molar-refractivity contribution in [1.29, 1.82) is 0 Å². The third-order valence-electron chi connectivity index (χ3n) is 3.81. The van der Waals surface area contributed by atoms with Gasteiger partial charge < -0.3 is 19.9 Å². The van der Waals surface area contributed by atoms with E-state index in [4.69, 9.17) is 14.6 Å². The molecule has 1 aromatic carbocycles. The van der Waals surface area contributed by atoms with E-state index in [2.05, 4.69) is 5.32 Å². The molecule has 1 aromatic rings. The Balaban J connectivity index is 1.71. The van der Waals surface area contributed by atoms with Gasteiger partial charge in [0.25, 0.3) is 5.91 Å². The molecule has 1 fully saturated rings. The number of ether oxygens (including phenoxy) is 2. The topological polar surface area (TPSA) is 84.9 Å². The molecule has 2 rings (SSSR count). The zero-order valence-corrected chi connectivity index (χ0v) is 13.3. The molecule has 1 amide bonds. The zero-order valence-electron chi connectivity index (χ0n) is 13.3. The minimum absolute atomic E-state index is 0.0722. The Hall–Kier alpha value is -2.24. The fourth-order valence-corrected chi connectivity index (χ4v) is 2.61. The average Bonchev–Trinajstić information content (AvgIpc) is 3.00. The first-order valence-corrected chi connectivity index (χ1v) is 7.96. The third kappa shape index (κ3) is 5.47. The smallest absolute Gasteiger partial charge is 0.306 e. The summed E-state index contributed by atoms with van der Waals surface area (Å²) in [6.45, 7) is 2.63. The van der Waals surface area contributed by atoms with Gasteiger partial charge in [0.2, 0.25) is 0 Å². The molecule has 2 N–H and O–H groups in total. The molecule has 0 aromatic heterocycles. The molecule has 0 aliphatic heterocycles. The van der Waals surface area contributed by atoms with Gasteiger partial charge in [0.15, 0.2) is 6.61 Å². The minimum Gasteiger partial charge on any atom is -0.494 e. The summed E-state index contributed by atoms with van der Waals surface area (Å²) in [5.41, 5.74) is 0. The van der Waals surface area contributed by atoms with E-state index in [1.54, 1.807) is 24.3 Å². The maximum atomic E-state index is 11.8. The fraction of sp³-hybridized carbons (Fsp3) is 0.529. The van der Waals surface area contributed by atoms with Crippen molar-refractivity contribution in [2.24, 2.45) is 5.92 Å². The summed E-state index contributed by atoms with van der Waals surface area (Å²) in [5, 5.41) is 11.8. The van der Waals surface area contributed by atoms with Crippen molar-refractivity contribution in [2.75, 3.05) is 13.2 Å². The van der Waals surface area contributed by atoms with E-state index in [1.807, 2.05) is 6.92 Å². The number of hydrogen-bond acceptors (Lipinski definition) is 4. The van der Waals surface area contributed by atoms with Gasteiger partial charge in [0, 0.05) is 6.04 Å². The van der Waals surface area contributed by atoms with Crippen LogP contribution in [-0.4, -0.2) is 36.2 Å². The van der Waals surface area contributed by atoms with Gasteiger partial charge in [0.1, 0.15) is 11.5 Å². The molecule has 0 bridgehead atoms. The number of nitrogens with one attached hydrogen (secondary N) is 1. The first kappa shape index (κ1) is 17.1. The van der Waals surface area contributed by atoms with Crippen LogP contribution in [0, 0.1) is 5.92 Å². The van der Waals surface area contributed by atoms with Crippen molar-refractivity contribution >= 4 is 11.9 Å². The predicted octanol–water partition coefficient (Wildman–Crippen LogP) is 2.22.